The first-order valence-electron chi connectivity index (χ1n) is 18.7. The van der Waals surface area contributed by atoms with Crippen LogP contribution in [0.3, 0.4) is 0 Å². The van der Waals surface area contributed by atoms with Gasteiger partial charge in [0.25, 0.3) is 0 Å². The molecule has 54 heavy (non-hydrogen) atoms. The van der Waals surface area contributed by atoms with Gasteiger partial charge in [-0.25, -0.2) is 0 Å². The Morgan fingerprint density at radius 2 is 0.759 bits per heavy atom. The molecule has 0 aliphatic rings. The van der Waals surface area contributed by atoms with E-state index in [1.54, 1.807) is 0 Å². The van der Waals surface area contributed by atoms with Crippen molar-refractivity contribution in [2.45, 2.75) is 0 Å². The van der Waals surface area contributed by atoms with E-state index in [1.165, 1.54) is 86.4 Å². The molecule has 0 N–H and O–H groups in total. The van der Waals surface area contributed by atoms with Gasteiger partial charge in [-0.15, -0.1) is 0 Å². The SMILES string of the molecule is c1ccc(N(c2cc3ccc4cccc5c6cccc7ccc8cccc(c(c2)c3c45)c8c76)c2ccccc2-n2c3ccccc3c3ccccc32)cc1. The van der Waals surface area contributed by atoms with Gasteiger partial charge < -0.3 is 9.47 Å². The first-order valence-corrected chi connectivity index (χ1v) is 18.7. The van der Waals surface area contributed by atoms with Crippen LogP contribution in [0, 0.1) is 0 Å². The van der Waals surface area contributed by atoms with E-state index < -0.39 is 0 Å². The molecule has 0 radical (unpaired) electrons. The molecule has 250 valence electrons. The van der Waals surface area contributed by atoms with Gasteiger partial charge in [0.1, 0.15) is 0 Å². The van der Waals surface area contributed by atoms with Gasteiger partial charge in [-0.1, -0.05) is 146 Å². The van der Waals surface area contributed by atoms with E-state index in [9.17, 15) is 0 Å². The fraction of sp³-hybridized carbons (Fsp3) is 0. The van der Waals surface area contributed by atoms with E-state index >= 15 is 0 Å². The Kier molecular flexibility index (Phi) is 6.09. The van der Waals surface area contributed by atoms with E-state index in [-0.39, 0.29) is 0 Å². The molecule has 0 unspecified atom stereocenters. The molecule has 1 aromatic heterocycles. The van der Waals surface area contributed by atoms with Crippen LogP contribution in [0.5, 0.6) is 0 Å². The number of hydrogen-bond donors (Lipinski definition) is 0. The Morgan fingerprint density at radius 3 is 1.37 bits per heavy atom. The summed E-state index contributed by atoms with van der Waals surface area (Å²) in [5.41, 5.74) is 6.85. The van der Waals surface area contributed by atoms with E-state index in [1.807, 2.05) is 0 Å². The predicted molar refractivity (Wildman–Crippen MR) is 232 cm³/mol. The summed E-state index contributed by atoms with van der Waals surface area (Å²) in [4.78, 5) is 2.46. The zero-order valence-electron chi connectivity index (χ0n) is 29.4. The Bertz CT molecular complexity index is 3390. The fourth-order valence-electron chi connectivity index (χ4n) is 9.43. The number of anilines is 3. The second-order valence-electron chi connectivity index (χ2n) is 14.5. The molecule has 0 atom stereocenters. The van der Waals surface area contributed by atoms with Gasteiger partial charge in [-0.05, 0) is 113 Å². The topological polar surface area (TPSA) is 8.17 Å². The van der Waals surface area contributed by atoms with Gasteiger partial charge in [-0.3, -0.25) is 0 Å². The molecular weight excluding hydrogens is 653 g/mol. The number of benzene rings is 10. The van der Waals surface area contributed by atoms with Crippen LogP contribution in [0.4, 0.5) is 17.1 Å². The van der Waals surface area contributed by atoms with Gasteiger partial charge in [0.2, 0.25) is 0 Å². The Morgan fingerprint density at radius 1 is 0.296 bits per heavy atom. The van der Waals surface area contributed by atoms with Crippen LogP contribution < -0.4 is 4.90 Å². The van der Waals surface area contributed by atoms with Gasteiger partial charge in [0.15, 0.2) is 0 Å². The van der Waals surface area contributed by atoms with Crippen LogP contribution in [0.1, 0.15) is 0 Å². The molecule has 0 amide bonds. The lowest BCUT2D eigenvalue weighted by Gasteiger charge is -2.29. The van der Waals surface area contributed by atoms with E-state index in [0.29, 0.717) is 0 Å². The standard InChI is InChI=1S/C52H32N2/c1-2-16-37(17-3-1)53(47-25-8-9-26-48(47)54-45-23-6-4-18-39(45)40-19-5-7-24-46(40)54)38-31-36-30-29-35-14-11-21-42-41-20-10-13-33-27-28-34-15-12-22-43(51(34)49(33)41)44(32-38)52(36)50(35)42/h1-32H. The highest BCUT2D eigenvalue weighted by Gasteiger charge is 2.22. The summed E-state index contributed by atoms with van der Waals surface area (Å²) in [6, 6.07) is 71.7. The maximum absolute atomic E-state index is 2.46. The van der Waals surface area contributed by atoms with Crippen molar-refractivity contribution in [3.05, 3.63) is 194 Å². The molecule has 0 bridgehead atoms. The minimum atomic E-state index is 1.11. The lowest BCUT2D eigenvalue weighted by atomic mass is 9.87. The summed E-state index contributed by atoms with van der Waals surface area (Å²) in [5.74, 6) is 0. The number of hydrogen-bond acceptors (Lipinski definition) is 1. The van der Waals surface area contributed by atoms with Crippen molar-refractivity contribution in [3.63, 3.8) is 0 Å². The van der Waals surface area contributed by atoms with Crippen LogP contribution in [-0.2, 0) is 0 Å². The molecule has 0 saturated heterocycles. The van der Waals surface area contributed by atoms with Crippen molar-refractivity contribution < 1.29 is 0 Å². The maximum atomic E-state index is 2.46. The summed E-state index contributed by atoms with van der Waals surface area (Å²) >= 11 is 0. The minimum absolute atomic E-state index is 1.11. The Labute approximate surface area is 311 Å². The summed E-state index contributed by atoms with van der Waals surface area (Å²) in [6.07, 6.45) is 0. The maximum Gasteiger partial charge on any atom is 0.0702 e. The third-order valence-electron chi connectivity index (χ3n) is 11.6. The third-order valence-corrected chi connectivity index (χ3v) is 11.6. The van der Waals surface area contributed by atoms with Crippen molar-refractivity contribution in [2.24, 2.45) is 0 Å². The molecule has 1 heterocycles. The normalized spacial score (nSPS) is 12.1. The Balaban J connectivity index is 1.25. The molecule has 0 aliphatic heterocycles. The smallest absolute Gasteiger partial charge is 0.0702 e. The van der Waals surface area contributed by atoms with Crippen LogP contribution in [0.2, 0.25) is 0 Å². The molecule has 2 nitrogen and oxygen atoms in total. The highest BCUT2D eigenvalue weighted by atomic mass is 15.2. The number of rotatable bonds is 4. The summed E-state index contributed by atoms with van der Waals surface area (Å²) in [7, 11) is 0. The average Bonchev–Trinajstić information content (AvgIpc) is 3.57. The molecule has 0 aliphatic carbocycles. The van der Waals surface area contributed by atoms with Crippen molar-refractivity contribution in [2.75, 3.05) is 4.90 Å². The highest BCUT2D eigenvalue weighted by molar-refractivity contribution is 6.37. The molecular formula is C52H32N2. The van der Waals surface area contributed by atoms with Gasteiger partial charge in [0.05, 0.1) is 22.4 Å². The number of fused-ring (bicyclic) bond motifs is 5. The largest absolute Gasteiger partial charge is 0.308 e. The van der Waals surface area contributed by atoms with Gasteiger partial charge >= 0.3 is 0 Å². The predicted octanol–water partition coefficient (Wildman–Crippen LogP) is 14.6. The molecule has 2 heteroatoms. The zero-order chi connectivity index (χ0) is 35.3. The van der Waals surface area contributed by atoms with Gasteiger partial charge in [-0.2, -0.15) is 0 Å². The van der Waals surface area contributed by atoms with Crippen molar-refractivity contribution in [1.82, 2.24) is 4.57 Å². The lowest BCUT2D eigenvalue weighted by molar-refractivity contribution is 1.15. The molecule has 0 spiro atoms. The highest BCUT2D eigenvalue weighted by Crippen LogP contribution is 2.47. The first-order chi connectivity index (χ1) is 26.8. The molecule has 12 rings (SSSR count). The Hall–Kier alpha value is -7.16. The van der Waals surface area contributed by atoms with E-state index in [4.69, 9.17) is 0 Å². The number of nitrogens with zero attached hydrogens (tertiary/aromatic N) is 2. The monoisotopic (exact) mass is 684 g/mol. The van der Waals surface area contributed by atoms with Crippen LogP contribution >= 0.6 is 0 Å². The lowest BCUT2D eigenvalue weighted by Crippen LogP contribution is -2.13. The molecule has 11 aromatic carbocycles. The fourth-order valence-corrected chi connectivity index (χ4v) is 9.43. The average molecular weight is 685 g/mol. The first kappa shape index (κ1) is 29.4. The van der Waals surface area contributed by atoms with Crippen molar-refractivity contribution >= 4 is 104 Å². The second kappa shape index (κ2) is 11.2. The number of para-hydroxylation sites is 5. The van der Waals surface area contributed by atoms with Gasteiger partial charge in [0, 0.05) is 22.1 Å². The summed E-state index contributed by atoms with van der Waals surface area (Å²) in [6.45, 7) is 0. The second-order valence-corrected chi connectivity index (χ2v) is 14.5. The summed E-state index contributed by atoms with van der Waals surface area (Å²) < 4.78 is 2.44. The van der Waals surface area contributed by atoms with Crippen molar-refractivity contribution in [1.29, 1.82) is 0 Å². The minimum Gasteiger partial charge on any atom is -0.308 e. The molecule has 0 fully saturated rings. The van der Waals surface area contributed by atoms with E-state index in [0.717, 1.165) is 22.7 Å². The molecule has 12 aromatic rings. The van der Waals surface area contributed by atoms with Crippen molar-refractivity contribution in [3.8, 4) is 5.69 Å². The quantitative estimate of drug-likeness (QED) is 0.168. The van der Waals surface area contributed by atoms with E-state index in [2.05, 4.69) is 204 Å². The summed E-state index contributed by atoms with van der Waals surface area (Å²) in [5, 5.41) is 17.9. The zero-order valence-corrected chi connectivity index (χ0v) is 29.4. The number of aromatic nitrogens is 1. The van der Waals surface area contributed by atoms with Crippen LogP contribution in [-0.4, -0.2) is 4.57 Å². The third kappa shape index (κ3) is 4.05. The van der Waals surface area contributed by atoms with Crippen LogP contribution in [0.15, 0.2) is 194 Å². The van der Waals surface area contributed by atoms with Crippen LogP contribution in [0.25, 0.3) is 92.1 Å². The molecule has 0 saturated carbocycles.